The average molecular weight is 289 g/mol. The van der Waals surface area contributed by atoms with E-state index in [0.717, 1.165) is 51.1 Å². The highest BCUT2D eigenvalue weighted by Gasteiger charge is 2.42. The first-order chi connectivity index (χ1) is 10.1. The number of likely N-dealkylation sites (tertiary alicyclic amines) is 1. The topological polar surface area (TPSA) is 49.8 Å². The first-order valence-corrected chi connectivity index (χ1v) is 7.83. The third-order valence-corrected chi connectivity index (χ3v) is 5.03. The Morgan fingerprint density at radius 1 is 1.48 bits per heavy atom. The van der Waals surface area contributed by atoms with Gasteiger partial charge in [-0.25, -0.2) is 0 Å². The number of rotatable bonds is 5. The number of benzene rings is 1. The van der Waals surface area contributed by atoms with E-state index in [1.165, 1.54) is 11.1 Å². The van der Waals surface area contributed by atoms with E-state index in [2.05, 4.69) is 23.1 Å². The van der Waals surface area contributed by atoms with Crippen LogP contribution in [0.3, 0.4) is 0 Å². The maximum atomic E-state index is 11.5. The normalized spacial score (nSPS) is 24.8. The highest BCUT2D eigenvalue weighted by molar-refractivity contribution is 5.75. The molecule has 0 aromatic heterocycles. The van der Waals surface area contributed by atoms with Crippen molar-refractivity contribution in [2.24, 2.45) is 5.41 Å². The zero-order chi connectivity index (χ0) is 14.9. The van der Waals surface area contributed by atoms with Crippen molar-refractivity contribution >= 4 is 5.97 Å². The van der Waals surface area contributed by atoms with Gasteiger partial charge in [0.2, 0.25) is 0 Å². The first kappa shape index (κ1) is 14.4. The molecule has 0 aliphatic carbocycles. The predicted octanol–water partition coefficient (Wildman–Crippen LogP) is 2.35. The van der Waals surface area contributed by atoms with Gasteiger partial charge in [-0.2, -0.15) is 0 Å². The van der Waals surface area contributed by atoms with E-state index >= 15 is 0 Å². The molecule has 1 N–H and O–H groups in total. The van der Waals surface area contributed by atoms with Crippen LogP contribution in [0, 0.1) is 5.41 Å². The number of hydrogen-bond donors (Lipinski definition) is 1. The monoisotopic (exact) mass is 289 g/mol. The molecule has 21 heavy (non-hydrogen) atoms. The number of ether oxygens (including phenoxy) is 1. The molecule has 3 rings (SSSR count). The lowest BCUT2D eigenvalue weighted by atomic mass is 9.84. The number of carboxylic acids is 1. The predicted molar refractivity (Wildman–Crippen MR) is 80.8 cm³/mol. The smallest absolute Gasteiger partial charge is 0.310 e. The number of carbonyl (C=O) groups is 1. The zero-order valence-corrected chi connectivity index (χ0v) is 12.6. The molecule has 1 aromatic rings. The number of carboxylic acid groups (broad SMARTS) is 1. The van der Waals surface area contributed by atoms with E-state index in [1.54, 1.807) is 0 Å². The molecule has 4 nitrogen and oxygen atoms in total. The molecular weight excluding hydrogens is 266 g/mol. The molecule has 2 heterocycles. The van der Waals surface area contributed by atoms with Gasteiger partial charge in [-0.1, -0.05) is 19.1 Å². The van der Waals surface area contributed by atoms with Crippen LogP contribution in [-0.4, -0.2) is 42.2 Å². The Kier molecular flexibility index (Phi) is 3.89. The van der Waals surface area contributed by atoms with Crippen LogP contribution in [0.4, 0.5) is 0 Å². The summed E-state index contributed by atoms with van der Waals surface area (Å²) in [5.41, 5.74) is 2.11. The second-order valence-electron chi connectivity index (χ2n) is 6.26. The summed E-state index contributed by atoms with van der Waals surface area (Å²) in [6.07, 6.45) is 3.48. The van der Waals surface area contributed by atoms with Gasteiger partial charge in [0.15, 0.2) is 0 Å². The Bertz CT molecular complexity index is 543. The summed E-state index contributed by atoms with van der Waals surface area (Å²) >= 11 is 0. The van der Waals surface area contributed by atoms with Gasteiger partial charge in [0, 0.05) is 19.5 Å². The molecule has 0 saturated carbocycles. The molecule has 1 saturated heterocycles. The quantitative estimate of drug-likeness (QED) is 0.904. The standard InChI is InChI=1S/C17H23NO3/c1-2-17(16(19)20)7-9-18(12-17)8-5-13-3-4-15-14(11-13)6-10-21-15/h3-4,11H,2,5-10,12H2,1H3,(H,19,20). The molecule has 2 aliphatic rings. The van der Waals surface area contributed by atoms with Gasteiger partial charge in [0.1, 0.15) is 5.75 Å². The molecule has 0 radical (unpaired) electrons. The van der Waals surface area contributed by atoms with Crippen LogP contribution in [0.15, 0.2) is 18.2 Å². The molecule has 2 aliphatic heterocycles. The van der Waals surface area contributed by atoms with Crippen molar-refractivity contribution in [2.45, 2.75) is 32.6 Å². The second kappa shape index (κ2) is 5.68. The van der Waals surface area contributed by atoms with E-state index in [1.807, 2.05) is 6.92 Å². The zero-order valence-electron chi connectivity index (χ0n) is 12.6. The van der Waals surface area contributed by atoms with Crippen LogP contribution in [0.5, 0.6) is 5.75 Å². The Morgan fingerprint density at radius 2 is 2.33 bits per heavy atom. The number of fused-ring (bicyclic) bond motifs is 1. The van der Waals surface area contributed by atoms with Crippen LogP contribution in [0.1, 0.15) is 30.9 Å². The van der Waals surface area contributed by atoms with Crippen LogP contribution in [-0.2, 0) is 17.6 Å². The minimum Gasteiger partial charge on any atom is -0.493 e. The van der Waals surface area contributed by atoms with Crippen molar-refractivity contribution in [3.63, 3.8) is 0 Å². The second-order valence-corrected chi connectivity index (χ2v) is 6.26. The van der Waals surface area contributed by atoms with Crippen LogP contribution in [0.2, 0.25) is 0 Å². The van der Waals surface area contributed by atoms with Gasteiger partial charge < -0.3 is 14.7 Å². The van der Waals surface area contributed by atoms with Crippen molar-refractivity contribution < 1.29 is 14.6 Å². The Hall–Kier alpha value is -1.55. The van der Waals surface area contributed by atoms with Gasteiger partial charge in [0.25, 0.3) is 0 Å². The molecule has 0 amide bonds. The van der Waals surface area contributed by atoms with E-state index in [-0.39, 0.29) is 0 Å². The lowest BCUT2D eigenvalue weighted by molar-refractivity contribution is -0.148. The third-order valence-electron chi connectivity index (χ3n) is 5.03. The van der Waals surface area contributed by atoms with Gasteiger partial charge in [-0.15, -0.1) is 0 Å². The minimum absolute atomic E-state index is 0.522. The Balaban J connectivity index is 1.58. The third kappa shape index (κ3) is 2.77. The summed E-state index contributed by atoms with van der Waals surface area (Å²) in [5.74, 6) is 0.387. The van der Waals surface area contributed by atoms with Gasteiger partial charge in [-0.3, -0.25) is 4.79 Å². The van der Waals surface area contributed by atoms with Crippen molar-refractivity contribution in [3.8, 4) is 5.75 Å². The molecule has 0 bridgehead atoms. The highest BCUT2D eigenvalue weighted by Crippen LogP contribution is 2.34. The van der Waals surface area contributed by atoms with Crippen LogP contribution >= 0.6 is 0 Å². The van der Waals surface area contributed by atoms with E-state index < -0.39 is 11.4 Å². The fraction of sp³-hybridized carbons (Fsp3) is 0.588. The van der Waals surface area contributed by atoms with Crippen LogP contribution in [0.25, 0.3) is 0 Å². The summed E-state index contributed by atoms with van der Waals surface area (Å²) in [7, 11) is 0. The molecule has 1 unspecified atom stereocenters. The van der Waals surface area contributed by atoms with Crippen molar-refractivity contribution in [1.29, 1.82) is 0 Å². The fourth-order valence-corrected chi connectivity index (χ4v) is 3.45. The van der Waals surface area contributed by atoms with E-state index in [4.69, 9.17) is 4.74 Å². The van der Waals surface area contributed by atoms with Crippen molar-refractivity contribution in [1.82, 2.24) is 4.90 Å². The van der Waals surface area contributed by atoms with Crippen molar-refractivity contribution in [2.75, 3.05) is 26.2 Å². The largest absolute Gasteiger partial charge is 0.493 e. The van der Waals surface area contributed by atoms with E-state index in [0.29, 0.717) is 6.54 Å². The SMILES string of the molecule is CCC1(C(=O)O)CCN(CCc2ccc3c(c2)CCO3)C1. The first-order valence-electron chi connectivity index (χ1n) is 7.83. The molecule has 1 atom stereocenters. The minimum atomic E-state index is -0.637. The summed E-state index contributed by atoms with van der Waals surface area (Å²) in [6.45, 7) is 5.30. The van der Waals surface area contributed by atoms with E-state index in [9.17, 15) is 9.90 Å². The molecule has 1 aromatic carbocycles. The summed E-state index contributed by atoms with van der Waals surface area (Å²) in [5, 5.41) is 9.43. The molecule has 0 spiro atoms. The van der Waals surface area contributed by atoms with Gasteiger partial charge in [0.05, 0.1) is 12.0 Å². The Labute approximate surface area is 125 Å². The summed E-state index contributed by atoms with van der Waals surface area (Å²) in [4.78, 5) is 13.8. The molecule has 114 valence electrons. The van der Waals surface area contributed by atoms with Crippen molar-refractivity contribution in [3.05, 3.63) is 29.3 Å². The number of aliphatic carboxylic acids is 1. The number of hydrogen-bond acceptors (Lipinski definition) is 3. The molecule has 1 fully saturated rings. The lowest BCUT2D eigenvalue weighted by Crippen LogP contribution is -2.34. The number of nitrogens with zero attached hydrogens (tertiary/aromatic N) is 1. The van der Waals surface area contributed by atoms with Gasteiger partial charge >= 0.3 is 5.97 Å². The Morgan fingerprint density at radius 3 is 3.05 bits per heavy atom. The fourth-order valence-electron chi connectivity index (χ4n) is 3.45. The van der Waals surface area contributed by atoms with Gasteiger partial charge in [-0.05, 0) is 43.0 Å². The molecule has 4 heteroatoms. The summed E-state index contributed by atoms with van der Waals surface area (Å²) in [6, 6.07) is 6.43. The lowest BCUT2D eigenvalue weighted by Gasteiger charge is -2.23. The van der Waals surface area contributed by atoms with Crippen LogP contribution < -0.4 is 4.74 Å². The molecular formula is C17H23NO3. The maximum Gasteiger partial charge on any atom is 0.310 e. The average Bonchev–Trinajstić information content (AvgIpc) is 3.11. The maximum absolute atomic E-state index is 11.5. The summed E-state index contributed by atoms with van der Waals surface area (Å²) < 4.78 is 5.52. The highest BCUT2D eigenvalue weighted by atomic mass is 16.5.